The Labute approximate surface area is 208 Å². The van der Waals surface area contributed by atoms with Crippen molar-refractivity contribution >= 4 is 12.1 Å². The van der Waals surface area contributed by atoms with E-state index in [1.165, 1.54) is 6.42 Å². The third kappa shape index (κ3) is 7.72. The second kappa shape index (κ2) is 12.6. The van der Waals surface area contributed by atoms with Crippen LogP contribution in [0, 0.1) is 26.7 Å². The first-order chi connectivity index (χ1) is 16.8. The monoisotopic (exact) mass is 483 g/mol. The molecule has 1 aliphatic carbocycles. The molecule has 0 heterocycles. The van der Waals surface area contributed by atoms with Crippen LogP contribution in [0.1, 0.15) is 48.4 Å². The zero-order valence-corrected chi connectivity index (χ0v) is 21.2. The van der Waals surface area contributed by atoms with E-state index >= 15 is 0 Å². The molecule has 1 atom stereocenters. The highest BCUT2D eigenvalue weighted by atomic mass is 16.6. The van der Waals surface area contributed by atoms with Crippen LogP contribution in [0.5, 0.6) is 11.5 Å². The van der Waals surface area contributed by atoms with Crippen LogP contribution in [0.25, 0.3) is 0 Å². The maximum Gasteiger partial charge on any atom is 0.415 e. The number of hydrogen-bond acceptors (Lipinski definition) is 5. The molecule has 0 aliphatic heterocycles. The lowest BCUT2D eigenvalue weighted by molar-refractivity contribution is -0.149. The minimum Gasteiger partial charge on any atom is -0.492 e. The zero-order valence-electron chi connectivity index (χ0n) is 21.2. The summed E-state index contributed by atoms with van der Waals surface area (Å²) in [4.78, 5) is 26.1. The molecular formula is C28H37NO6. The number of aryl methyl sites for hydroxylation is 3. The Bertz CT molecular complexity index is 976. The van der Waals surface area contributed by atoms with E-state index in [2.05, 4.69) is 0 Å². The van der Waals surface area contributed by atoms with Crippen molar-refractivity contribution in [2.75, 3.05) is 26.3 Å². The fraction of sp³-hybridized carbons (Fsp3) is 0.500. The fourth-order valence-electron chi connectivity index (χ4n) is 4.35. The molecule has 2 aromatic carbocycles. The number of amides is 1. The number of aliphatic carboxylic acids is 1. The molecule has 1 fully saturated rings. The number of carbonyl (C=O) groups is 2. The van der Waals surface area contributed by atoms with Gasteiger partial charge in [-0.2, -0.15) is 0 Å². The molecule has 0 bridgehead atoms. The van der Waals surface area contributed by atoms with Gasteiger partial charge in [-0.1, -0.05) is 36.2 Å². The molecule has 35 heavy (non-hydrogen) atoms. The minimum absolute atomic E-state index is 0.294. The Kier molecular flexibility index (Phi) is 9.55. The lowest BCUT2D eigenvalue weighted by Crippen LogP contribution is -2.41. The first-order valence-corrected chi connectivity index (χ1v) is 12.4. The summed E-state index contributed by atoms with van der Waals surface area (Å²) in [5.41, 5.74) is 3.90. The van der Waals surface area contributed by atoms with E-state index in [1.807, 2.05) is 57.2 Å². The maximum absolute atomic E-state index is 13.1. The summed E-state index contributed by atoms with van der Waals surface area (Å²) in [6, 6.07) is 11.3. The van der Waals surface area contributed by atoms with Gasteiger partial charge in [0, 0.05) is 19.6 Å². The van der Waals surface area contributed by atoms with Gasteiger partial charge >= 0.3 is 12.1 Å². The van der Waals surface area contributed by atoms with E-state index in [-0.39, 0.29) is 6.09 Å². The van der Waals surface area contributed by atoms with E-state index in [0.717, 1.165) is 35.1 Å². The van der Waals surface area contributed by atoms with Gasteiger partial charge in [-0.15, -0.1) is 0 Å². The highest BCUT2D eigenvalue weighted by Crippen LogP contribution is 2.29. The second-order valence-corrected chi connectivity index (χ2v) is 9.32. The molecule has 0 saturated heterocycles. The van der Waals surface area contributed by atoms with Crippen LogP contribution in [-0.2, 0) is 16.0 Å². The zero-order chi connectivity index (χ0) is 25.4. The number of benzene rings is 2. The average Bonchev–Trinajstić information content (AvgIpc) is 2.77. The van der Waals surface area contributed by atoms with Gasteiger partial charge in [0.15, 0.2) is 6.10 Å². The molecule has 1 N–H and O–H groups in total. The maximum atomic E-state index is 13.1. The van der Waals surface area contributed by atoms with Gasteiger partial charge in [0.05, 0.1) is 6.54 Å². The molecule has 1 unspecified atom stereocenters. The molecule has 1 aliphatic rings. The SMILES string of the molecule is CCOC(Cc1ccc(OCCN(CC2CCC2)C(=O)Oc2c(C)cc(C)cc2C)cc1)C(=O)O. The van der Waals surface area contributed by atoms with Crippen LogP contribution in [0.3, 0.4) is 0 Å². The van der Waals surface area contributed by atoms with Gasteiger partial charge in [-0.3, -0.25) is 0 Å². The predicted molar refractivity (Wildman–Crippen MR) is 134 cm³/mol. The first kappa shape index (κ1) is 26.5. The molecule has 3 rings (SSSR count). The standard InChI is InChI=1S/C28H37NO6/c1-5-33-25(27(30)31)17-22-9-11-24(12-10-22)34-14-13-29(18-23-7-6-8-23)28(32)35-26-20(3)15-19(2)16-21(26)4/h9-12,15-16,23,25H,5-8,13-14,17-18H2,1-4H3,(H,30,31). The Balaban J connectivity index is 1.57. The van der Waals surface area contributed by atoms with E-state index < -0.39 is 12.1 Å². The Morgan fingerprint density at radius 2 is 1.74 bits per heavy atom. The fourth-order valence-corrected chi connectivity index (χ4v) is 4.35. The average molecular weight is 484 g/mol. The second-order valence-electron chi connectivity index (χ2n) is 9.32. The predicted octanol–water partition coefficient (Wildman–Crippen LogP) is 5.32. The van der Waals surface area contributed by atoms with Crippen molar-refractivity contribution in [2.24, 2.45) is 5.92 Å². The van der Waals surface area contributed by atoms with Gasteiger partial charge in [-0.25, -0.2) is 9.59 Å². The Hall–Kier alpha value is -3.06. The molecule has 2 aromatic rings. The third-order valence-electron chi connectivity index (χ3n) is 6.37. The number of hydrogen-bond donors (Lipinski definition) is 1. The number of carboxylic acids is 1. The number of rotatable bonds is 12. The van der Waals surface area contributed by atoms with E-state index in [4.69, 9.17) is 14.2 Å². The highest BCUT2D eigenvalue weighted by molar-refractivity contribution is 5.73. The summed E-state index contributed by atoms with van der Waals surface area (Å²) in [6.45, 7) is 9.50. The molecule has 190 valence electrons. The van der Waals surface area contributed by atoms with Crippen molar-refractivity contribution in [3.8, 4) is 11.5 Å². The molecular weight excluding hydrogens is 446 g/mol. The topological polar surface area (TPSA) is 85.3 Å². The van der Waals surface area contributed by atoms with Crippen LogP contribution in [0.15, 0.2) is 36.4 Å². The van der Waals surface area contributed by atoms with Crippen LogP contribution >= 0.6 is 0 Å². The summed E-state index contributed by atoms with van der Waals surface area (Å²) < 4.78 is 17.0. The van der Waals surface area contributed by atoms with Crippen LogP contribution in [0.4, 0.5) is 4.79 Å². The highest BCUT2D eigenvalue weighted by Gasteiger charge is 2.25. The smallest absolute Gasteiger partial charge is 0.415 e. The van der Waals surface area contributed by atoms with Crippen LogP contribution in [-0.4, -0.2) is 54.5 Å². The summed E-state index contributed by atoms with van der Waals surface area (Å²) in [6.07, 6.45) is 2.56. The van der Waals surface area contributed by atoms with Crippen LogP contribution in [0.2, 0.25) is 0 Å². The summed E-state index contributed by atoms with van der Waals surface area (Å²) in [7, 11) is 0. The molecule has 7 heteroatoms. The third-order valence-corrected chi connectivity index (χ3v) is 6.37. The number of ether oxygens (including phenoxy) is 3. The Morgan fingerprint density at radius 3 is 2.29 bits per heavy atom. The van der Waals surface area contributed by atoms with Gasteiger partial charge < -0.3 is 24.2 Å². The molecule has 1 saturated carbocycles. The van der Waals surface area contributed by atoms with Crippen molar-refractivity contribution in [3.05, 3.63) is 58.7 Å². The summed E-state index contributed by atoms with van der Waals surface area (Å²) in [5.74, 6) is 0.831. The molecule has 0 aromatic heterocycles. The van der Waals surface area contributed by atoms with Crippen molar-refractivity contribution < 1.29 is 28.9 Å². The van der Waals surface area contributed by atoms with Gasteiger partial charge in [0.2, 0.25) is 0 Å². The first-order valence-electron chi connectivity index (χ1n) is 12.4. The molecule has 0 radical (unpaired) electrons. The normalized spacial score (nSPS) is 14.2. The minimum atomic E-state index is -0.971. The van der Waals surface area contributed by atoms with Crippen molar-refractivity contribution in [1.29, 1.82) is 0 Å². The van der Waals surface area contributed by atoms with Crippen molar-refractivity contribution in [2.45, 2.75) is 59.5 Å². The summed E-state index contributed by atoms with van der Waals surface area (Å²) >= 11 is 0. The molecule has 1 amide bonds. The van der Waals surface area contributed by atoms with Gasteiger partial charge in [0.25, 0.3) is 0 Å². The van der Waals surface area contributed by atoms with Crippen molar-refractivity contribution in [3.63, 3.8) is 0 Å². The number of carboxylic acid groups (broad SMARTS) is 1. The summed E-state index contributed by atoms with van der Waals surface area (Å²) in [5, 5.41) is 9.26. The Morgan fingerprint density at radius 1 is 1.09 bits per heavy atom. The largest absolute Gasteiger partial charge is 0.492 e. The lowest BCUT2D eigenvalue weighted by Gasteiger charge is -2.32. The quantitative estimate of drug-likeness (QED) is 0.440. The van der Waals surface area contributed by atoms with Gasteiger partial charge in [0.1, 0.15) is 18.1 Å². The van der Waals surface area contributed by atoms with E-state index in [1.54, 1.807) is 11.8 Å². The van der Waals surface area contributed by atoms with E-state index in [0.29, 0.717) is 50.1 Å². The van der Waals surface area contributed by atoms with Crippen molar-refractivity contribution in [1.82, 2.24) is 4.90 Å². The number of nitrogens with zero attached hydrogens (tertiary/aromatic N) is 1. The lowest BCUT2D eigenvalue weighted by atomic mass is 9.85. The van der Waals surface area contributed by atoms with Gasteiger partial charge in [-0.05, 0) is 75.3 Å². The molecule has 7 nitrogen and oxygen atoms in total. The molecule has 0 spiro atoms. The number of carbonyl (C=O) groups excluding carboxylic acids is 1. The van der Waals surface area contributed by atoms with Crippen LogP contribution < -0.4 is 9.47 Å². The van der Waals surface area contributed by atoms with E-state index in [9.17, 15) is 14.7 Å².